The predicted molar refractivity (Wildman–Crippen MR) is 129 cm³/mol. The summed E-state index contributed by atoms with van der Waals surface area (Å²) in [5.41, 5.74) is 3.24. The number of aromatic nitrogens is 1. The van der Waals surface area contributed by atoms with Crippen molar-refractivity contribution in [3.05, 3.63) is 77.5 Å². The number of hydrogen-bond acceptors (Lipinski definition) is 4. The zero-order valence-electron chi connectivity index (χ0n) is 20.1. The maximum Gasteiger partial charge on any atom is 0.416 e. The summed E-state index contributed by atoms with van der Waals surface area (Å²) in [5.74, 6) is 2.47. The number of nitrogens with zero attached hydrogens (tertiary/aromatic N) is 1. The average molecular weight is 497 g/mol. The monoisotopic (exact) mass is 496 g/mol. The number of pyridine rings is 1. The molecule has 0 fully saturated rings. The molecule has 1 aliphatic rings. The lowest BCUT2D eigenvalue weighted by molar-refractivity contribution is -0.686. The zero-order valence-corrected chi connectivity index (χ0v) is 20.1. The molecule has 0 saturated heterocycles. The summed E-state index contributed by atoms with van der Waals surface area (Å²) >= 11 is 0. The Labute approximate surface area is 206 Å². The third-order valence-electron chi connectivity index (χ3n) is 6.47. The number of ether oxygens (including phenoxy) is 4. The van der Waals surface area contributed by atoms with E-state index in [1.807, 2.05) is 30.5 Å². The van der Waals surface area contributed by atoms with E-state index >= 15 is 0 Å². The first-order valence-electron chi connectivity index (χ1n) is 11.4. The van der Waals surface area contributed by atoms with Crippen LogP contribution in [0.4, 0.5) is 13.2 Å². The highest BCUT2D eigenvalue weighted by atomic mass is 19.4. The van der Waals surface area contributed by atoms with E-state index in [-0.39, 0.29) is 6.61 Å². The van der Waals surface area contributed by atoms with E-state index in [9.17, 15) is 13.2 Å². The highest BCUT2D eigenvalue weighted by molar-refractivity contribution is 5.91. The van der Waals surface area contributed by atoms with Gasteiger partial charge in [-0.05, 0) is 52.9 Å². The Bertz CT molecular complexity index is 1430. The Kier molecular flexibility index (Phi) is 6.12. The molecule has 0 unspecified atom stereocenters. The SMILES string of the molecule is COc1cc2c(cc1OC)-c1cc3ccc(OC)c(OCc4ccc(C(F)(F)F)cc4)c3c[n+]1CC2. The molecule has 0 saturated carbocycles. The summed E-state index contributed by atoms with van der Waals surface area (Å²) in [5, 5.41) is 1.81. The van der Waals surface area contributed by atoms with Crippen LogP contribution in [0.3, 0.4) is 0 Å². The second kappa shape index (κ2) is 9.26. The largest absolute Gasteiger partial charge is 0.493 e. The third kappa shape index (κ3) is 4.27. The normalized spacial score (nSPS) is 12.6. The molecule has 0 spiro atoms. The first-order chi connectivity index (χ1) is 17.3. The summed E-state index contributed by atoms with van der Waals surface area (Å²) in [6.07, 6.45) is -1.51. The minimum Gasteiger partial charge on any atom is -0.493 e. The van der Waals surface area contributed by atoms with Crippen LogP contribution in [0, 0.1) is 0 Å². The van der Waals surface area contributed by atoms with Crippen molar-refractivity contribution in [1.82, 2.24) is 0 Å². The second-order valence-electron chi connectivity index (χ2n) is 8.55. The quantitative estimate of drug-likeness (QED) is 0.308. The molecule has 1 aliphatic heterocycles. The lowest BCUT2D eigenvalue weighted by Crippen LogP contribution is -2.40. The summed E-state index contributed by atoms with van der Waals surface area (Å²) in [4.78, 5) is 0. The van der Waals surface area contributed by atoms with Gasteiger partial charge in [-0.3, -0.25) is 0 Å². The molecule has 0 amide bonds. The Balaban J connectivity index is 1.53. The number of halogens is 3. The van der Waals surface area contributed by atoms with Crippen LogP contribution >= 0.6 is 0 Å². The van der Waals surface area contributed by atoms with Crippen molar-refractivity contribution in [3.63, 3.8) is 0 Å². The molecular formula is C28H25F3NO4+. The van der Waals surface area contributed by atoms with Gasteiger partial charge in [-0.25, -0.2) is 0 Å². The van der Waals surface area contributed by atoms with Crippen molar-refractivity contribution in [2.75, 3.05) is 21.3 Å². The van der Waals surface area contributed by atoms with Crippen LogP contribution in [0.1, 0.15) is 16.7 Å². The van der Waals surface area contributed by atoms with Gasteiger partial charge in [0.2, 0.25) is 5.69 Å². The molecule has 0 aliphatic carbocycles. The van der Waals surface area contributed by atoms with Gasteiger partial charge in [-0.2, -0.15) is 17.7 Å². The lowest BCUT2D eigenvalue weighted by atomic mass is 9.95. The van der Waals surface area contributed by atoms with E-state index in [1.54, 1.807) is 21.3 Å². The minimum absolute atomic E-state index is 0.106. The summed E-state index contributed by atoms with van der Waals surface area (Å²) in [7, 11) is 4.81. The van der Waals surface area contributed by atoms with Crippen molar-refractivity contribution in [3.8, 4) is 34.3 Å². The van der Waals surface area contributed by atoms with E-state index < -0.39 is 11.7 Å². The number of alkyl halides is 3. The van der Waals surface area contributed by atoms with Crippen molar-refractivity contribution >= 4 is 10.8 Å². The molecule has 8 heteroatoms. The molecule has 36 heavy (non-hydrogen) atoms. The minimum atomic E-state index is -4.37. The molecule has 4 aromatic rings. The summed E-state index contributed by atoms with van der Waals surface area (Å²) in [6.45, 7) is 0.874. The fourth-order valence-corrected chi connectivity index (χ4v) is 4.59. The van der Waals surface area contributed by atoms with Crippen molar-refractivity contribution in [2.45, 2.75) is 25.7 Å². The maximum absolute atomic E-state index is 12.9. The van der Waals surface area contributed by atoms with Gasteiger partial charge in [-0.15, -0.1) is 0 Å². The van der Waals surface area contributed by atoms with Gasteiger partial charge in [0.05, 0.1) is 37.8 Å². The lowest BCUT2D eigenvalue weighted by Gasteiger charge is -2.19. The first kappa shape index (κ1) is 23.8. The number of benzene rings is 3. The van der Waals surface area contributed by atoms with Gasteiger partial charge in [0.1, 0.15) is 6.61 Å². The smallest absolute Gasteiger partial charge is 0.416 e. The van der Waals surface area contributed by atoms with Crippen LogP contribution in [0.2, 0.25) is 0 Å². The summed E-state index contributed by atoms with van der Waals surface area (Å²) in [6, 6.07) is 14.9. The molecule has 5 rings (SSSR count). The van der Waals surface area contributed by atoms with E-state index in [0.717, 1.165) is 47.1 Å². The zero-order chi connectivity index (χ0) is 25.4. The average Bonchev–Trinajstić information content (AvgIpc) is 2.89. The molecule has 5 nitrogen and oxygen atoms in total. The van der Waals surface area contributed by atoms with Crippen molar-refractivity contribution in [2.24, 2.45) is 0 Å². The summed E-state index contributed by atoms with van der Waals surface area (Å²) < 4.78 is 63.5. The highest BCUT2D eigenvalue weighted by Crippen LogP contribution is 2.40. The predicted octanol–water partition coefficient (Wildman–Crippen LogP) is 5.97. The van der Waals surface area contributed by atoms with Gasteiger partial charge < -0.3 is 18.9 Å². The maximum atomic E-state index is 12.9. The second-order valence-corrected chi connectivity index (χ2v) is 8.55. The molecule has 0 radical (unpaired) electrons. The van der Waals surface area contributed by atoms with Gasteiger partial charge in [-0.1, -0.05) is 12.1 Å². The molecular weight excluding hydrogens is 471 g/mol. The number of fused-ring (bicyclic) bond motifs is 4. The molecule has 1 aromatic heterocycles. The van der Waals surface area contributed by atoms with Crippen molar-refractivity contribution < 1.29 is 36.7 Å². The number of rotatable bonds is 6. The molecule has 186 valence electrons. The highest BCUT2D eigenvalue weighted by Gasteiger charge is 2.30. The molecule has 2 heterocycles. The van der Waals surface area contributed by atoms with Crippen LogP contribution in [0.5, 0.6) is 23.0 Å². The molecule has 0 N–H and O–H groups in total. The number of aryl methyl sites for hydroxylation is 2. The van der Waals surface area contributed by atoms with Crippen LogP contribution in [-0.4, -0.2) is 21.3 Å². The topological polar surface area (TPSA) is 40.8 Å². The standard InChI is InChI=1S/C28H25F3NO4/c1-33-24-9-6-18-12-23-21-14-26(35-3)25(34-2)13-19(21)10-11-32(23)15-22(18)27(24)36-16-17-4-7-20(8-5-17)28(29,30)31/h4-9,12-15H,10-11,16H2,1-3H3/q+1. The third-order valence-corrected chi connectivity index (χ3v) is 6.47. The fraction of sp³-hybridized carbons (Fsp3) is 0.250. The Hall–Kier alpha value is -3.94. The number of methoxy groups -OCH3 is 3. The van der Waals surface area contributed by atoms with Crippen molar-refractivity contribution in [1.29, 1.82) is 0 Å². The van der Waals surface area contributed by atoms with Crippen LogP contribution in [-0.2, 0) is 25.7 Å². The van der Waals surface area contributed by atoms with Gasteiger partial charge >= 0.3 is 6.18 Å². The van der Waals surface area contributed by atoms with E-state index in [1.165, 1.54) is 17.7 Å². The Morgan fingerprint density at radius 1 is 0.833 bits per heavy atom. The first-order valence-corrected chi connectivity index (χ1v) is 11.4. The van der Waals surface area contributed by atoms with Gasteiger partial charge in [0.25, 0.3) is 0 Å². The number of hydrogen-bond donors (Lipinski definition) is 0. The fourth-order valence-electron chi connectivity index (χ4n) is 4.59. The molecule has 0 atom stereocenters. The van der Waals surface area contributed by atoms with Crippen LogP contribution < -0.4 is 23.5 Å². The Morgan fingerprint density at radius 2 is 1.53 bits per heavy atom. The van der Waals surface area contributed by atoms with Crippen LogP contribution in [0.25, 0.3) is 22.0 Å². The van der Waals surface area contributed by atoms with Gasteiger partial charge in [0.15, 0.2) is 35.7 Å². The van der Waals surface area contributed by atoms with Gasteiger partial charge in [0, 0.05) is 12.5 Å². The van der Waals surface area contributed by atoms with Crippen LogP contribution in [0.15, 0.2) is 60.8 Å². The van der Waals surface area contributed by atoms with E-state index in [4.69, 9.17) is 18.9 Å². The van der Waals surface area contributed by atoms with E-state index in [0.29, 0.717) is 28.6 Å². The molecule has 0 bridgehead atoms. The molecule has 3 aromatic carbocycles. The Morgan fingerprint density at radius 3 is 2.19 bits per heavy atom. The van der Waals surface area contributed by atoms with E-state index in [2.05, 4.69) is 10.6 Å².